The second kappa shape index (κ2) is 6.13. The molecule has 1 N–H and O–H groups in total. The lowest BCUT2D eigenvalue weighted by Crippen LogP contribution is -2.04. The van der Waals surface area contributed by atoms with Crippen molar-refractivity contribution in [3.05, 3.63) is 44.0 Å². The fraction of sp³-hybridized carbons (Fsp3) is 0.308. The Balaban J connectivity index is 2.24. The number of hydrogen-bond acceptors (Lipinski definition) is 5. The van der Waals surface area contributed by atoms with Crippen molar-refractivity contribution in [2.75, 3.05) is 12.4 Å². The summed E-state index contributed by atoms with van der Waals surface area (Å²) < 4.78 is 7.74. The minimum atomic E-state index is -0.423. The summed E-state index contributed by atoms with van der Waals surface area (Å²) in [5.41, 5.74) is 2.45. The highest BCUT2D eigenvalue weighted by atomic mass is 79.9. The van der Waals surface area contributed by atoms with Crippen LogP contribution in [0.15, 0.2) is 22.7 Å². The molecule has 2 rings (SSSR count). The largest absolute Gasteiger partial charge is 0.481 e. The van der Waals surface area contributed by atoms with Gasteiger partial charge in [-0.1, -0.05) is 0 Å². The van der Waals surface area contributed by atoms with Gasteiger partial charge in [0.1, 0.15) is 0 Å². The van der Waals surface area contributed by atoms with E-state index in [-0.39, 0.29) is 5.69 Å². The molecule has 1 aromatic carbocycles. The maximum atomic E-state index is 10.8. The van der Waals surface area contributed by atoms with Crippen molar-refractivity contribution in [1.29, 1.82) is 0 Å². The monoisotopic (exact) mass is 354 g/mol. The molecule has 0 saturated heterocycles. The predicted octanol–water partition coefficient (Wildman–Crippen LogP) is 3.02. The molecule has 1 heterocycles. The smallest absolute Gasteiger partial charge is 0.271 e. The standard InChI is InChI=1S/C13H15BrN4O3/c1-8-10(13(21-3)17(2)16-8)7-15-12-6-9(18(19)20)4-5-11(12)14/h4-6,15H,7H2,1-3H3. The van der Waals surface area contributed by atoms with E-state index in [1.165, 1.54) is 12.1 Å². The third-order valence-corrected chi connectivity index (χ3v) is 3.79. The van der Waals surface area contributed by atoms with Crippen molar-refractivity contribution in [1.82, 2.24) is 9.78 Å². The minimum Gasteiger partial charge on any atom is -0.481 e. The summed E-state index contributed by atoms with van der Waals surface area (Å²) in [5, 5.41) is 18.3. The molecule has 0 aliphatic heterocycles. The average Bonchev–Trinajstić information content (AvgIpc) is 2.71. The number of nitro groups is 1. The molecule has 0 unspecified atom stereocenters. The van der Waals surface area contributed by atoms with E-state index in [1.807, 2.05) is 6.92 Å². The summed E-state index contributed by atoms with van der Waals surface area (Å²) in [5.74, 6) is 0.668. The van der Waals surface area contributed by atoms with Crippen LogP contribution in [-0.4, -0.2) is 21.8 Å². The zero-order valence-corrected chi connectivity index (χ0v) is 13.5. The Kier molecular flexibility index (Phi) is 4.46. The lowest BCUT2D eigenvalue weighted by atomic mass is 10.2. The van der Waals surface area contributed by atoms with Crippen LogP contribution in [0.5, 0.6) is 5.88 Å². The van der Waals surface area contributed by atoms with E-state index in [1.54, 1.807) is 24.9 Å². The molecule has 0 spiro atoms. The van der Waals surface area contributed by atoms with E-state index in [4.69, 9.17) is 4.74 Å². The molecule has 0 aliphatic rings. The first kappa shape index (κ1) is 15.3. The van der Waals surface area contributed by atoms with Crippen LogP contribution in [-0.2, 0) is 13.6 Å². The molecule has 1 aromatic heterocycles. The second-order valence-corrected chi connectivity index (χ2v) is 5.33. The highest BCUT2D eigenvalue weighted by Crippen LogP contribution is 2.29. The van der Waals surface area contributed by atoms with Crippen molar-refractivity contribution >= 4 is 27.3 Å². The molecule has 0 radical (unpaired) electrons. The Morgan fingerprint density at radius 3 is 2.86 bits per heavy atom. The van der Waals surface area contributed by atoms with E-state index >= 15 is 0 Å². The molecule has 0 saturated carbocycles. The van der Waals surface area contributed by atoms with E-state index in [2.05, 4.69) is 26.3 Å². The molecule has 0 aliphatic carbocycles. The third kappa shape index (κ3) is 3.15. The van der Waals surface area contributed by atoms with Gasteiger partial charge in [0, 0.05) is 30.2 Å². The van der Waals surface area contributed by atoms with Crippen LogP contribution >= 0.6 is 15.9 Å². The van der Waals surface area contributed by atoms with Crippen LogP contribution < -0.4 is 10.1 Å². The molecule has 0 atom stereocenters. The second-order valence-electron chi connectivity index (χ2n) is 4.47. The van der Waals surface area contributed by atoms with Crippen molar-refractivity contribution < 1.29 is 9.66 Å². The number of ether oxygens (including phenoxy) is 1. The summed E-state index contributed by atoms with van der Waals surface area (Å²) >= 11 is 3.38. The number of nitrogens with zero attached hydrogens (tertiary/aromatic N) is 3. The van der Waals surface area contributed by atoms with Crippen molar-refractivity contribution in [2.45, 2.75) is 13.5 Å². The highest BCUT2D eigenvalue weighted by Gasteiger charge is 2.15. The fourth-order valence-corrected chi connectivity index (χ4v) is 2.47. The molecule has 8 heteroatoms. The number of rotatable bonds is 5. The predicted molar refractivity (Wildman–Crippen MR) is 82.6 cm³/mol. The molecule has 2 aromatic rings. The SMILES string of the molecule is COc1c(CNc2cc([N+](=O)[O-])ccc2Br)c(C)nn1C. The van der Waals surface area contributed by atoms with E-state index in [9.17, 15) is 10.1 Å². The van der Waals surface area contributed by atoms with E-state index < -0.39 is 4.92 Å². The van der Waals surface area contributed by atoms with Gasteiger partial charge in [-0.05, 0) is 28.9 Å². The number of hydrogen-bond donors (Lipinski definition) is 1. The number of nitro benzene ring substituents is 1. The summed E-state index contributed by atoms with van der Waals surface area (Å²) in [6.45, 7) is 2.35. The molecule has 21 heavy (non-hydrogen) atoms. The van der Waals surface area contributed by atoms with Crippen LogP contribution in [0.4, 0.5) is 11.4 Å². The maximum absolute atomic E-state index is 10.8. The maximum Gasteiger partial charge on any atom is 0.271 e. The summed E-state index contributed by atoms with van der Waals surface area (Å²) in [4.78, 5) is 10.4. The topological polar surface area (TPSA) is 82.2 Å². The number of benzene rings is 1. The first-order valence-electron chi connectivity index (χ1n) is 6.18. The molecule has 7 nitrogen and oxygen atoms in total. The average molecular weight is 355 g/mol. The first-order valence-corrected chi connectivity index (χ1v) is 6.97. The number of anilines is 1. The Bertz CT molecular complexity index is 684. The van der Waals surface area contributed by atoms with Crippen LogP contribution in [0, 0.1) is 17.0 Å². The number of halogens is 1. The van der Waals surface area contributed by atoms with Gasteiger partial charge >= 0.3 is 0 Å². The van der Waals surface area contributed by atoms with Gasteiger partial charge in [-0.3, -0.25) is 10.1 Å². The van der Waals surface area contributed by atoms with Gasteiger partial charge < -0.3 is 10.1 Å². The fourth-order valence-electron chi connectivity index (χ4n) is 2.09. The van der Waals surface area contributed by atoms with Crippen molar-refractivity contribution in [3.63, 3.8) is 0 Å². The first-order chi connectivity index (χ1) is 9.93. The molecule has 0 bridgehead atoms. The van der Waals surface area contributed by atoms with Gasteiger partial charge in [0.25, 0.3) is 5.69 Å². The normalized spacial score (nSPS) is 10.5. The Hall–Kier alpha value is -2.09. The van der Waals surface area contributed by atoms with Gasteiger partial charge in [0.2, 0.25) is 5.88 Å². The van der Waals surface area contributed by atoms with E-state index in [0.29, 0.717) is 18.1 Å². The Labute approximate surface area is 130 Å². The summed E-state index contributed by atoms with van der Waals surface area (Å²) in [6.07, 6.45) is 0. The van der Waals surface area contributed by atoms with Gasteiger partial charge in [0.05, 0.1) is 29.0 Å². The summed E-state index contributed by atoms with van der Waals surface area (Å²) in [6, 6.07) is 4.58. The number of nitrogens with one attached hydrogen (secondary N) is 1. The Morgan fingerprint density at radius 2 is 2.24 bits per heavy atom. The quantitative estimate of drug-likeness (QED) is 0.659. The zero-order chi connectivity index (χ0) is 15.6. The van der Waals surface area contributed by atoms with Crippen molar-refractivity contribution in [2.24, 2.45) is 7.05 Å². The van der Waals surface area contributed by atoms with Crippen molar-refractivity contribution in [3.8, 4) is 5.88 Å². The lowest BCUT2D eigenvalue weighted by Gasteiger charge is -2.09. The van der Waals surface area contributed by atoms with Gasteiger partial charge in [0.15, 0.2) is 0 Å². The van der Waals surface area contributed by atoms with Crippen LogP contribution in [0.25, 0.3) is 0 Å². The number of methoxy groups -OCH3 is 1. The highest BCUT2D eigenvalue weighted by molar-refractivity contribution is 9.10. The molecular weight excluding hydrogens is 340 g/mol. The van der Waals surface area contributed by atoms with Crippen LogP contribution in [0.2, 0.25) is 0 Å². The Morgan fingerprint density at radius 1 is 1.52 bits per heavy atom. The zero-order valence-electron chi connectivity index (χ0n) is 11.9. The third-order valence-electron chi connectivity index (χ3n) is 3.10. The number of non-ortho nitro benzene ring substituents is 1. The minimum absolute atomic E-state index is 0.0376. The molecule has 0 fully saturated rings. The molecule has 112 valence electrons. The lowest BCUT2D eigenvalue weighted by molar-refractivity contribution is -0.384. The van der Waals surface area contributed by atoms with Crippen LogP contribution in [0.3, 0.4) is 0 Å². The van der Waals surface area contributed by atoms with E-state index in [0.717, 1.165) is 15.7 Å². The molecular formula is C13H15BrN4O3. The van der Waals surface area contributed by atoms with Gasteiger partial charge in [-0.25, -0.2) is 4.68 Å². The van der Waals surface area contributed by atoms with Gasteiger partial charge in [-0.15, -0.1) is 0 Å². The summed E-state index contributed by atoms with van der Waals surface area (Å²) in [7, 11) is 3.39. The number of aryl methyl sites for hydroxylation is 2. The van der Waals surface area contributed by atoms with Crippen LogP contribution in [0.1, 0.15) is 11.3 Å². The molecule has 0 amide bonds. The number of aromatic nitrogens is 2. The van der Waals surface area contributed by atoms with Gasteiger partial charge in [-0.2, -0.15) is 5.10 Å².